The number of carbonyl (C=O) groups is 2. The summed E-state index contributed by atoms with van der Waals surface area (Å²) in [6.45, 7) is 5.53. The van der Waals surface area contributed by atoms with Gasteiger partial charge in [0.1, 0.15) is 5.56 Å². The molecule has 2 N–H and O–H groups in total. The van der Waals surface area contributed by atoms with Gasteiger partial charge in [-0.2, -0.15) is 0 Å². The minimum absolute atomic E-state index is 0.0501. The Morgan fingerprint density at radius 1 is 1.31 bits per heavy atom. The molecule has 0 atom stereocenters. The zero-order valence-corrected chi connectivity index (χ0v) is 17.6. The summed E-state index contributed by atoms with van der Waals surface area (Å²) < 4.78 is 12.1. The van der Waals surface area contributed by atoms with Crippen molar-refractivity contribution in [2.75, 3.05) is 26.9 Å². The number of aryl methyl sites for hydroxylation is 1. The number of aliphatic carboxylic acids is 1. The van der Waals surface area contributed by atoms with E-state index in [9.17, 15) is 19.5 Å². The van der Waals surface area contributed by atoms with Crippen molar-refractivity contribution in [3.63, 3.8) is 0 Å². The summed E-state index contributed by atoms with van der Waals surface area (Å²) in [5, 5.41) is 12.2. The van der Waals surface area contributed by atoms with Gasteiger partial charge in [0.25, 0.3) is 11.5 Å². The Labute approximate surface area is 171 Å². The lowest BCUT2D eigenvalue weighted by Gasteiger charge is -2.36. The van der Waals surface area contributed by atoms with E-state index in [4.69, 9.17) is 9.47 Å². The summed E-state index contributed by atoms with van der Waals surface area (Å²) in [7, 11) is 1.57. The van der Waals surface area contributed by atoms with E-state index in [0.717, 1.165) is 24.1 Å². The Morgan fingerprint density at radius 2 is 2.00 bits per heavy atom. The fraction of sp³-hybridized carbons (Fsp3) is 0.667. The Morgan fingerprint density at radius 3 is 2.55 bits per heavy atom. The van der Waals surface area contributed by atoms with Crippen LogP contribution in [0.3, 0.4) is 0 Å². The number of carboxylic acid groups (broad SMARTS) is 1. The summed E-state index contributed by atoms with van der Waals surface area (Å²) in [6, 6.07) is 1.67. The van der Waals surface area contributed by atoms with E-state index < -0.39 is 17.4 Å². The number of carbonyl (C=O) groups excluding carboxylic acids is 1. The zero-order chi connectivity index (χ0) is 21.4. The smallest absolute Gasteiger partial charge is 0.305 e. The molecule has 1 aliphatic heterocycles. The molecule has 0 bridgehead atoms. The number of rotatable bonds is 10. The Balaban J connectivity index is 2.44. The summed E-state index contributed by atoms with van der Waals surface area (Å²) in [4.78, 5) is 37.6. The second-order valence-electron chi connectivity index (χ2n) is 7.50. The molecule has 0 spiro atoms. The third-order valence-corrected chi connectivity index (χ3v) is 5.44. The maximum Gasteiger partial charge on any atom is 0.305 e. The van der Waals surface area contributed by atoms with Crippen molar-refractivity contribution in [3.05, 3.63) is 33.2 Å². The van der Waals surface area contributed by atoms with Crippen molar-refractivity contribution in [1.29, 1.82) is 0 Å². The first-order valence-corrected chi connectivity index (χ1v) is 10.2. The van der Waals surface area contributed by atoms with Crippen molar-refractivity contribution in [1.82, 2.24) is 9.88 Å². The summed E-state index contributed by atoms with van der Waals surface area (Å²) in [5.74, 6) is -1.51. The van der Waals surface area contributed by atoms with Crippen molar-refractivity contribution >= 4 is 11.9 Å². The fourth-order valence-electron chi connectivity index (χ4n) is 3.89. The second-order valence-corrected chi connectivity index (χ2v) is 7.50. The fourth-order valence-corrected chi connectivity index (χ4v) is 3.89. The van der Waals surface area contributed by atoms with Crippen molar-refractivity contribution in [3.8, 4) is 0 Å². The van der Waals surface area contributed by atoms with Gasteiger partial charge in [0, 0.05) is 32.6 Å². The lowest BCUT2D eigenvalue weighted by Crippen LogP contribution is -2.54. The highest BCUT2D eigenvalue weighted by molar-refractivity contribution is 5.95. The van der Waals surface area contributed by atoms with Crippen LogP contribution in [0, 0.1) is 0 Å². The van der Waals surface area contributed by atoms with E-state index in [0.29, 0.717) is 45.6 Å². The second kappa shape index (κ2) is 10.5. The van der Waals surface area contributed by atoms with Gasteiger partial charge >= 0.3 is 5.97 Å². The Kier molecular flexibility index (Phi) is 8.40. The molecule has 1 aromatic heterocycles. The first-order chi connectivity index (χ1) is 13.9. The zero-order valence-electron chi connectivity index (χ0n) is 17.6. The van der Waals surface area contributed by atoms with Crippen LogP contribution in [-0.2, 0) is 33.7 Å². The third-order valence-electron chi connectivity index (χ3n) is 5.44. The number of pyridine rings is 1. The van der Waals surface area contributed by atoms with Crippen molar-refractivity contribution in [2.45, 2.75) is 64.5 Å². The molecule has 8 nitrogen and oxygen atoms in total. The largest absolute Gasteiger partial charge is 0.481 e. The minimum atomic E-state index is -0.989. The first kappa shape index (κ1) is 23.1. The molecule has 29 heavy (non-hydrogen) atoms. The van der Waals surface area contributed by atoms with Gasteiger partial charge in [0.2, 0.25) is 0 Å². The molecule has 1 amide bonds. The van der Waals surface area contributed by atoms with Gasteiger partial charge in [0.05, 0.1) is 18.6 Å². The molecule has 1 aliphatic rings. The van der Waals surface area contributed by atoms with Gasteiger partial charge in [-0.3, -0.25) is 14.4 Å². The summed E-state index contributed by atoms with van der Waals surface area (Å²) >= 11 is 0. The van der Waals surface area contributed by atoms with Gasteiger partial charge in [-0.1, -0.05) is 20.3 Å². The number of methoxy groups -OCH3 is 1. The molecule has 1 aromatic rings. The number of amides is 1. The van der Waals surface area contributed by atoms with E-state index in [1.54, 1.807) is 17.7 Å². The molecule has 0 aromatic carbocycles. The minimum Gasteiger partial charge on any atom is -0.481 e. The number of hydrogen-bond donors (Lipinski definition) is 2. The highest BCUT2D eigenvalue weighted by Crippen LogP contribution is 2.25. The van der Waals surface area contributed by atoms with Crippen LogP contribution in [0.2, 0.25) is 0 Å². The molecule has 8 heteroatoms. The molecule has 1 saturated heterocycles. The van der Waals surface area contributed by atoms with Gasteiger partial charge in [-0.15, -0.1) is 0 Å². The average Bonchev–Trinajstić information content (AvgIpc) is 2.68. The Bertz CT molecular complexity index is 780. The quantitative estimate of drug-likeness (QED) is 0.611. The number of nitrogens with one attached hydrogen (secondary N) is 1. The molecule has 0 radical (unpaired) electrons. The molecule has 0 aliphatic carbocycles. The first-order valence-electron chi connectivity index (χ1n) is 10.2. The lowest BCUT2D eigenvalue weighted by molar-refractivity contribution is -0.139. The number of aromatic nitrogens is 1. The predicted octanol–water partition coefficient (Wildman–Crippen LogP) is 1.76. The Hall–Kier alpha value is -2.19. The average molecular weight is 408 g/mol. The predicted molar refractivity (Wildman–Crippen MR) is 108 cm³/mol. The van der Waals surface area contributed by atoms with E-state index in [1.165, 1.54) is 0 Å². The van der Waals surface area contributed by atoms with Crippen LogP contribution in [0.15, 0.2) is 10.9 Å². The van der Waals surface area contributed by atoms with Crippen LogP contribution in [0.1, 0.15) is 61.1 Å². The van der Waals surface area contributed by atoms with E-state index in [2.05, 4.69) is 5.32 Å². The SMILES string of the molecule is CCCc1c(CC)cc(C(=O)NC2(CC(=O)O)CCOCC2)c(=O)n1CCOC. The normalized spacial score (nSPS) is 15.8. The van der Waals surface area contributed by atoms with E-state index >= 15 is 0 Å². The van der Waals surface area contributed by atoms with Crippen LogP contribution >= 0.6 is 0 Å². The maximum atomic E-state index is 13.2. The topological polar surface area (TPSA) is 107 Å². The van der Waals surface area contributed by atoms with Gasteiger partial charge < -0.3 is 24.5 Å². The molecule has 0 saturated carbocycles. The number of nitrogens with zero attached hydrogens (tertiary/aromatic N) is 1. The van der Waals surface area contributed by atoms with Crippen LogP contribution in [-0.4, -0.2) is 54.0 Å². The molecular weight excluding hydrogens is 376 g/mol. The highest BCUT2D eigenvalue weighted by Gasteiger charge is 2.37. The van der Waals surface area contributed by atoms with Crippen molar-refractivity contribution < 1.29 is 24.2 Å². The van der Waals surface area contributed by atoms with Gasteiger partial charge in [0.15, 0.2) is 0 Å². The van der Waals surface area contributed by atoms with Crippen molar-refractivity contribution in [2.24, 2.45) is 0 Å². The number of carboxylic acids is 1. The van der Waals surface area contributed by atoms with Gasteiger partial charge in [-0.25, -0.2) is 0 Å². The molecule has 0 unspecified atom stereocenters. The lowest BCUT2D eigenvalue weighted by atomic mass is 9.86. The maximum absolute atomic E-state index is 13.2. The van der Waals surface area contributed by atoms with Crippen LogP contribution < -0.4 is 10.9 Å². The molecule has 162 valence electrons. The monoisotopic (exact) mass is 408 g/mol. The van der Waals surface area contributed by atoms with Gasteiger partial charge in [-0.05, 0) is 37.3 Å². The molecule has 2 heterocycles. The summed E-state index contributed by atoms with van der Waals surface area (Å²) in [5.41, 5.74) is 0.665. The highest BCUT2D eigenvalue weighted by atomic mass is 16.5. The number of ether oxygens (including phenoxy) is 2. The van der Waals surface area contributed by atoms with Crippen LogP contribution in [0.4, 0.5) is 0 Å². The van der Waals surface area contributed by atoms with Crippen LogP contribution in [0.25, 0.3) is 0 Å². The van der Waals surface area contributed by atoms with E-state index in [-0.39, 0.29) is 17.5 Å². The molecule has 2 rings (SSSR count). The van der Waals surface area contributed by atoms with E-state index in [1.807, 2.05) is 13.8 Å². The molecular formula is C21H32N2O6. The number of hydrogen-bond acceptors (Lipinski definition) is 5. The van der Waals surface area contributed by atoms with Crippen LogP contribution in [0.5, 0.6) is 0 Å². The third kappa shape index (κ3) is 5.67. The molecule has 1 fully saturated rings. The standard InChI is InChI=1S/C21H32N2O6/c1-4-6-17-15(5-2)13-16(20(27)23(17)9-12-28-3)19(26)22-21(14-18(24)25)7-10-29-11-8-21/h13H,4-12,14H2,1-3H3,(H,22,26)(H,24,25). The summed E-state index contributed by atoms with van der Waals surface area (Å²) in [6.07, 6.45) is 2.91.